The van der Waals surface area contributed by atoms with Gasteiger partial charge in [-0.25, -0.2) is 0 Å². The van der Waals surface area contributed by atoms with Gasteiger partial charge < -0.3 is 5.73 Å². The maximum Gasteiger partial charge on any atom is 0.141 e. The summed E-state index contributed by atoms with van der Waals surface area (Å²) in [5, 5.41) is 0. The Morgan fingerprint density at radius 2 is 2.36 bits per heavy atom. The van der Waals surface area contributed by atoms with E-state index in [1.54, 1.807) is 11.8 Å². The lowest BCUT2D eigenvalue weighted by Gasteiger charge is -1.96. The van der Waals surface area contributed by atoms with Crippen molar-refractivity contribution in [1.82, 2.24) is 4.37 Å². The van der Waals surface area contributed by atoms with Gasteiger partial charge in [0.25, 0.3) is 0 Å². The fourth-order valence-electron chi connectivity index (χ4n) is 1.19. The highest BCUT2D eigenvalue weighted by Crippen LogP contribution is 2.47. The summed E-state index contributed by atoms with van der Waals surface area (Å²) in [6.07, 6.45) is 4.69. The van der Waals surface area contributed by atoms with Crippen LogP contribution in [0.4, 0.5) is 5.82 Å². The number of nitrogens with zero attached hydrogens (tertiary/aromatic N) is 1. The fourth-order valence-corrected chi connectivity index (χ4v) is 2.74. The molecule has 1 aromatic heterocycles. The zero-order valence-electron chi connectivity index (χ0n) is 6.33. The summed E-state index contributed by atoms with van der Waals surface area (Å²) < 4.78 is 5.46. The molecule has 0 saturated heterocycles. The van der Waals surface area contributed by atoms with E-state index in [0.29, 0.717) is 0 Å². The number of thioether (sulfide) groups is 1. The third-order valence-corrected chi connectivity index (χ3v) is 3.88. The van der Waals surface area contributed by atoms with Gasteiger partial charge >= 0.3 is 0 Å². The van der Waals surface area contributed by atoms with Gasteiger partial charge in [0, 0.05) is 5.56 Å². The second-order valence-corrected chi connectivity index (χ2v) is 4.60. The molecule has 1 aliphatic carbocycles. The Balaban J connectivity index is 2.38. The van der Waals surface area contributed by atoms with Crippen molar-refractivity contribution in [3.05, 3.63) is 5.56 Å². The van der Waals surface area contributed by atoms with Crippen molar-refractivity contribution in [1.29, 1.82) is 0 Å². The molecule has 0 aliphatic heterocycles. The van der Waals surface area contributed by atoms with Crippen LogP contribution in [-0.4, -0.2) is 10.6 Å². The molecule has 11 heavy (non-hydrogen) atoms. The van der Waals surface area contributed by atoms with Crippen LogP contribution < -0.4 is 5.73 Å². The smallest absolute Gasteiger partial charge is 0.141 e. The molecule has 0 atom stereocenters. The molecule has 2 rings (SSSR count). The van der Waals surface area contributed by atoms with Gasteiger partial charge in [-0.15, -0.1) is 11.8 Å². The third-order valence-electron chi connectivity index (χ3n) is 1.89. The van der Waals surface area contributed by atoms with Gasteiger partial charge in [0.2, 0.25) is 0 Å². The van der Waals surface area contributed by atoms with Gasteiger partial charge in [-0.3, -0.25) is 0 Å². The van der Waals surface area contributed by atoms with Crippen LogP contribution in [0.1, 0.15) is 24.3 Å². The van der Waals surface area contributed by atoms with Gasteiger partial charge in [0.1, 0.15) is 5.82 Å². The van der Waals surface area contributed by atoms with Crippen molar-refractivity contribution in [3.8, 4) is 0 Å². The van der Waals surface area contributed by atoms with Crippen molar-refractivity contribution < 1.29 is 0 Å². The number of aromatic nitrogens is 1. The van der Waals surface area contributed by atoms with Crippen LogP contribution in [0, 0.1) is 0 Å². The molecule has 2 nitrogen and oxygen atoms in total. The summed E-state index contributed by atoms with van der Waals surface area (Å²) in [4.78, 5) is 0. The first-order valence-electron chi connectivity index (χ1n) is 3.62. The Labute approximate surface area is 74.3 Å². The molecular weight excluding hydrogens is 176 g/mol. The molecule has 1 aliphatic rings. The normalized spacial score (nSPS) is 17.2. The van der Waals surface area contributed by atoms with E-state index in [4.69, 9.17) is 5.73 Å². The average Bonchev–Trinajstić information content (AvgIpc) is 2.76. The Morgan fingerprint density at radius 3 is 2.91 bits per heavy atom. The number of nitrogen functional groups attached to an aromatic ring is 1. The Bertz CT molecular complexity index is 265. The topological polar surface area (TPSA) is 38.9 Å². The van der Waals surface area contributed by atoms with E-state index >= 15 is 0 Å². The number of hydrogen-bond acceptors (Lipinski definition) is 4. The molecule has 0 amide bonds. The van der Waals surface area contributed by atoms with Crippen LogP contribution in [0.2, 0.25) is 0 Å². The summed E-state index contributed by atoms with van der Waals surface area (Å²) in [5.74, 6) is 1.50. The minimum absolute atomic E-state index is 0.733. The van der Waals surface area contributed by atoms with Gasteiger partial charge in [0.05, 0.1) is 4.21 Å². The lowest BCUT2D eigenvalue weighted by molar-refractivity contribution is 1.10. The Hall–Kier alpha value is -0.220. The van der Waals surface area contributed by atoms with E-state index < -0.39 is 0 Å². The summed E-state index contributed by atoms with van der Waals surface area (Å²) in [6.45, 7) is 0. The molecule has 4 heteroatoms. The lowest BCUT2D eigenvalue weighted by Crippen LogP contribution is -1.89. The zero-order chi connectivity index (χ0) is 7.84. The Morgan fingerprint density at radius 1 is 1.64 bits per heavy atom. The molecular formula is C7H10N2S2. The van der Waals surface area contributed by atoms with Gasteiger partial charge in [-0.05, 0) is 36.5 Å². The maximum atomic E-state index is 5.74. The van der Waals surface area contributed by atoms with Crippen LogP contribution in [0.25, 0.3) is 0 Å². The van der Waals surface area contributed by atoms with Crippen molar-refractivity contribution in [2.24, 2.45) is 0 Å². The standard InChI is InChI=1S/C7H10N2S2/c1-10-7-5(4-2-3-4)6(8)9-11-7/h4H,2-3H2,1H3,(H2,8,9). The molecule has 1 heterocycles. The van der Waals surface area contributed by atoms with E-state index in [-0.39, 0.29) is 0 Å². The second kappa shape index (κ2) is 2.68. The molecule has 0 bridgehead atoms. The highest BCUT2D eigenvalue weighted by atomic mass is 32.2. The Kier molecular flexibility index (Phi) is 1.81. The maximum absolute atomic E-state index is 5.74. The van der Waals surface area contributed by atoms with Gasteiger partial charge in [-0.2, -0.15) is 4.37 Å². The summed E-state index contributed by atoms with van der Waals surface area (Å²) in [6, 6.07) is 0. The van der Waals surface area contributed by atoms with E-state index in [1.165, 1.54) is 34.1 Å². The predicted molar refractivity (Wildman–Crippen MR) is 50.3 cm³/mol. The van der Waals surface area contributed by atoms with Crippen molar-refractivity contribution in [3.63, 3.8) is 0 Å². The van der Waals surface area contributed by atoms with Gasteiger partial charge in [0.15, 0.2) is 0 Å². The van der Waals surface area contributed by atoms with E-state index in [0.717, 1.165) is 11.7 Å². The molecule has 0 unspecified atom stereocenters. The first-order valence-corrected chi connectivity index (χ1v) is 5.61. The third kappa shape index (κ3) is 1.25. The molecule has 60 valence electrons. The summed E-state index contributed by atoms with van der Waals surface area (Å²) in [7, 11) is 0. The average molecular weight is 186 g/mol. The van der Waals surface area contributed by atoms with Crippen molar-refractivity contribution in [2.75, 3.05) is 12.0 Å². The largest absolute Gasteiger partial charge is 0.383 e. The SMILES string of the molecule is CSc1snc(N)c1C1CC1. The van der Waals surface area contributed by atoms with Gasteiger partial charge in [-0.1, -0.05) is 0 Å². The molecule has 1 aromatic rings. The van der Waals surface area contributed by atoms with Crippen LogP contribution >= 0.6 is 23.3 Å². The molecule has 0 spiro atoms. The molecule has 1 fully saturated rings. The molecule has 1 saturated carbocycles. The van der Waals surface area contributed by atoms with E-state index in [9.17, 15) is 0 Å². The number of hydrogen-bond donors (Lipinski definition) is 1. The number of nitrogens with two attached hydrogens (primary N) is 1. The molecule has 0 radical (unpaired) electrons. The summed E-state index contributed by atoms with van der Waals surface area (Å²) in [5.41, 5.74) is 7.07. The quantitative estimate of drug-likeness (QED) is 0.720. The first kappa shape index (κ1) is 7.43. The number of anilines is 1. The molecule has 2 N–H and O–H groups in total. The first-order chi connectivity index (χ1) is 5.33. The zero-order valence-corrected chi connectivity index (χ0v) is 7.97. The van der Waals surface area contributed by atoms with Crippen LogP contribution in [-0.2, 0) is 0 Å². The lowest BCUT2D eigenvalue weighted by atomic mass is 10.2. The van der Waals surface area contributed by atoms with Crippen molar-refractivity contribution in [2.45, 2.75) is 23.0 Å². The molecule has 0 aromatic carbocycles. The monoisotopic (exact) mass is 186 g/mol. The van der Waals surface area contributed by atoms with E-state index in [1.807, 2.05) is 0 Å². The minimum atomic E-state index is 0.733. The highest BCUT2D eigenvalue weighted by Gasteiger charge is 2.29. The second-order valence-electron chi connectivity index (χ2n) is 2.75. The van der Waals surface area contributed by atoms with Crippen LogP contribution in [0.15, 0.2) is 4.21 Å². The fraction of sp³-hybridized carbons (Fsp3) is 0.571. The highest BCUT2D eigenvalue weighted by molar-refractivity contribution is 8.00. The van der Waals surface area contributed by atoms with Crippen LogP contribution in [0.5, 0.6) is 0 Å². The minimum Gasteiger partial charge on any atom is -0.383 e. The summed E-state index contributed by atoms with van der Waals surface area (Å²) >= 11 is 3.29. The number of rotatable bonds is 2. The predicted octanol–water partition coefficient (Wildman–Crippen LogP) is 2.32. The van der Waals surface area contributed by atoms with Crippen molar-refractivity contribution >= 4 is 29.1 Å². The van der Waals surface area contributed by atoms with E-state index in [2.05, 4.69) is 10.6 Å². The van der Waals surface area contributed by atoms with Crippen LogP contribution in [0.3, 0.4) is 0 Å².